The lowest BCUT2D eigenvalue weighted by Crippen LogP contribution is -2.44. The highest BCUT2D eigenvalue weighted by atomic mass is 16.5. The third-order valence-electron chi connectivity index (χ3n) is 4.92. The summed E-state index contributed by atoms with van der Waals surface area (Å²) in [6.45, 7) is 1.48. The number of aromatic nitrogens is 1. The second-order valence-electron chi connectivity index (χ2n) is 6.70. The molecule has 1 aromatic carbocycles. The van der Waals surface area contributed by atoms with Crippen LogP contribution in [0.5, 0.6) is 0 Å². The van der Waals surface area contributed by atoms with Crippen LogP contribution in [-0.4, -0.2) is 41.4 Å². The summed E-state index contributed by atoms with van der Waals surface area (Å²) < 4.78 is 7.16. The molecule has 1 aliphatic rings. The number of carbonyl (C=O) groups is 1. The average molecular weight is 330 g/mol. The van der Waals surface area contributed by atoms with Crippen molar-refractivity contribution in [1.29, 1.82) is 0 Å². The van der Waals surface area contributed by atoms with Crippen LogP contribution in [0.2, 0.25) is 0 Å². The number of fused-ring (bicyclic) bond motifs is 1. The van der Waals surface area contributed by atoms with Crippen molar-refractivity contribution < 1.29 is 14.6 Å². The van der Waals surface area contributed by atoms with Crippen molar-refractivity contribution in [3.63, 3.8) is 0 Å². The number of ether oxygens (including phenoxy) is 1. The maximum atomic E-state index is 12.7. The summed E-state index contributed by atoms with van der Waals surface area (Å²) in [6, 6.07) is 9.86. The van der Waals surface area contributed by atoms with Gasteiger partial charge in [0.1, 0.15) is 5.69 Å². The van der Waals surface area contributed by atoms with E-state index < -0.39 is 5.60 Å². The Kier molecular flexibility index (Phi) is 5.21. The molecule has 0 spiro atoms. The minimum atomic E-state index is -0.753. The Morgan fingerprint density at radius 3 is 2.79 bits per heavy atom. The predicted molar refractivity (Wildman–Crippen MR) is 94.2 cm³/mol. The molecular weight excluding hydrogens is 304 g/mol. The first-order valence-corrected chi connectivity index (χ1v) is 8.71. The van der Waals surface area contributed by atoms with Gasteiger partial charge in [-0.2, -0.15) is 0 Å². The molecule has 0 radical (unpaired) electrons. The zero-order valence-corrected chi connectivity index (χ0v) is 14.3. The van der Waals surface area contributed by atoms with Crippen molar-refractivity contribution in [2.24, 2.45) is 0 Å². The molecule has 130 valence electrons. The average Bonchev–Trinajstić information content (AvgIpc) is 2.97. The Morgan fingerprint density at radius 1 is 1.29 bits per heavy atom. The van der Waals surface area contributed by atoms with Gasteiger partial charge < -0.3 is 19.7 Å². The van der Waals surface area contributed by atoms with E-state index in [1.54, 1.807) is 7.11 Å². The Bertz CT molecular complexity index is 702. The van der Waals surface area contributed by atoms with Crippen LogP contribution >= 0.6 is 0 Å². The maximum Gasteiger partial charge on any atom is 0.268 e. The highest BCUT2D eigenvalue weighted by molar-refractivity contribution is 5.98. The van der Waals surface area contributed by atoms with Gasteiger partial charge in [-0.3, -0.25) is 4.79 Å². The van der Waals surface area contributed by atoms with E-state index >= 15 is 0 Å². The molecule has 1 aliphatic carbocycles. The molecule has 24 heavy (non-hydrogen) atoms. The number of hydrogen-bond acceptors (Lipinski definition) is 3. The molecule has 0 aliphatic heterocycles. The molecule has 1 saturated carbocycles. The number of aliphatic hydroxyl groups is 1. The lowest BCUT2D eigenvalue weighted by atomic mass is 9.85. The van der Waals surface area contributed by atoms with Gasteiger partial charge in [0.2, 0.25) is 0 Å². The second kappa shape index (κ2) is 7.36. The van der Waals surface area contributed by atoms with Crippen LogP contribution in [0.15, 0.2) is 30.3 Å². The highest BCUT2D eigenvalue weighted by Gasteiger charge is 2.30. The van der Waals surface area contributed by atoms with E-state index in [0.29, 0.717) is 25.4 Å². The molecule has 1 amide bonds. The lowest BCUT2D eigenvalue weighted by molar-refractivity contribution is 0.00516. The van der Waals surface area contributed by atoms with Crippen molar-refractivity contribution in [3.8, 4) is 0 Å². The lowest BCUT2D eigenvalue weighted by Gasteiger charge is -2.32. The molecule has 0 atom stereocenters. The fourth-order valence-electron chi connectivity index (χ4n) is 3.54. The Morgan fingerprint density at radius 2 is 2.04 bits per heavy atom. The van der Waals surface area contributed by atoms with Gasteiger partial charge in [0.15, 0.2) is 0 Å². The minimum Gasteiger partial charge on any atom is -0.388 e. The molecule has 1 fully saturated rings. The minimum absolute atomic E-state index is 0.138. The quantitative estimate of drug-likeness (QED) is 0.856. The Hall–Kier alpha value is -1.85. The van der Waals surface area contributed by atoms with Gasteiger partial charge in [-0.05, 0) is 25.0 Å². The van der Waals surface area contributed by atoms with Crippen LogP contribution in [0, 0.1) is 0 Å². The molecule has 2 N–H and O–H groups in total. The van der Waals surface area contributed by atoms with Gasteiger partial charge >= 0.3 is 0 Å². The zero-order chi connectivity index (χ0) is 17.0. The van der Waals surface area contributed by atoms with E-state index in [1.165, 1.54) is 6.42 Å². The van der Waals surface area contributed by atoms with Gasteiger partial charge in [-0.25, -0.2) is 0 Å². The number of nitrogens with one attached hydrogen (secondary N) is 1. The summed E-state index contributed by atoms with van der Waals surface area (Å²) in [5.74, 6) is -0.138. The summed E-state index contributed by atoms with van der Waals surface area (Å²) in [7, 11) is 1.66. The topological polar surface area (TPSA) is 63.5 Å². The Labute approximate surface area is 142 Å². The molecule has 3 rings (SSSR count). The summed E-state index contributed by atoms with van der Waals surface area (Å²) in [5, 5.41) is 14.5. The Balaban J connectivity index is 1.78. The monoisotopic (exact) mass is 330 g/mol. The van der Waals surface area contributed by atoms with Gasteiger partial charge in [-0.1, -0.05) is 37.5 Å². The fourth-order valence-corrected chi connectivity index (χ4v) is 3.54. The predicted octanol–water partition coefficient (Wildman–Crippen LogP) is 2.71. The third kappa shape index (κ3) is 3.62. The first-order chi connectivity index (χ1) is 11.6. The SMILES string of the molecule is COCCn1c(C(=O)NCC2(O)CCCCC2)cc2ccccc21. The summed E-state index contributed by atoms with van der Waals surface area (Å²) in [6.07, 6.45) is 4.75. The van der Waals surface area contributed by atoms with Crippen LogP contribution in [0.25, 0.3) is 10.9 Å². The van der Waals surface area contributed by atoms with Crippen LogP contribution in [0.4, 0.5) is 0 Å². The van der Waals surface area contributed by atoms with Crippen LogP contribution in [0.3, 0.4) is 0 Å². The molecular formula is C19H26N2O3. The van der Waals surface area contributed by atoms with Crippen LogP contribution in [0.1, 0.15) is 42.6 Å². The van der Waals surface area contributed by atoms with Crippen molar-refractivity contribution in [1.82, 2.24) is 9.88 Å². The van der Waals surface area contributed by atoms with Gasteiger partial charge in [-0.15, -0.1) is 0 Å². The van der Waals surface area contributed by atoms with Crippen molar-refractivity contribution in [2.75, 3.05) is 20.3 Å². The van der Waals surface area contributed by atoms with Crippen LogP contribution in [-0.2, 0) is 11.3 Å². The summed E-state index contributed by atoms with van der Waals surface area (Å²) in [4.78, 5) is 12.7. The van der Waals surface area contributed by atoms with E-state index in [4.69, 9.17) is 4.74 Å². The van der Waals surface area contributed by atoms with Gasteiger partial charge in [0, 0.05) is 31.1 Å². The first-order valence-electron chi connectivity index (χ1n) is 8.71. The summed E-state index contributed by atoms with van der Waals surface area (Å²) in [5.41, 5.74) is 0.890. The van der Waals surface area contributed by atoms with Gasteiger partial charge in [0.05, 0.1) is 12.2 Å². The number of rotatable bonds is 6. The van der Waals surface area contributed by atoms with E-state index in [2.05, 4.69) is 5.32 Å². The highest BCUT2D eigenvalue weighted by Crippen LogP contribution is 2.27. The standard InChI is InChI=1S/C19H26N2O3/c1-24-12-11-21-16-8-4-3-7-15(16)13-17(21)18(22)20-14-19(23)9-5-2-6-10-19/h3-4,7-8,13,23H,2,5-6,9-12,14H2,1H3,(H,20,22). The van der Waals surface area contributed by atoms with E-state index in [9.17, 15) is 9.90 Å². The van der Waals surface area contributed by atoms with Gasteiger partial charge in [0.25, 0.3) is 5.91 Å². The number of hydrogen-bond donors (Lipinski definition) is 2. The fraction of sp³-hybridized carbons (Fsp3) is 0.526. The normalized spacial score (nSPS) is 17.1. The van der Waals surface area contributed by atoms with E-state index in [-0.39, 0.29) is 5.91 Å². The van der Waals surface area contributed by atoms with Crippen molar-refractivity contribution in [2.45, 2.75) is 44.2 Å². The smallest absolute Gasteiger partial charge is 0.268 e. The molecule has 2 aromatic rings. The number of nitrogens with zero attached hydrogens (tertiary/aromatic N) is 1. The molecule has 0 bridgehead atoms. The molecule has 0 saturated heterocycles. The number of methoxy groups -OCH3 is 1. The zero-order valence-electron chi connectivity index (χ0n) is 14.3. The number of amides is 1. The number of benzene rings is 1. The number of carbonyl (C=O) groups excluding carboxylic acids is 1. The van der Waals surface area contributed by atoms with Crippen molar-refractivity contribution >= 4 is 16.8 Å². The summed E-state index contributed by atoms with van der Waals surface area (Å²) >= 11 is 0. The molecule has 0 unspecified atom stereocenters. The molecule has 1 aromatic heterocycles. The van der Waals surface area contributed by atoms with E-state index in [1.807, 2.05) is 34.9 Å². The third-order valence-corrected chi connectivity index (χ3v) is 4.92. The van der Waals surface area contributed by atoms with Crippen LogP contribution < -0.4 is 5.32 Å². The van der Waals surface area contributed by atoms with Crippen molar-refractivity contribution in [3.05, 3.63) is 36.0 Å². The van der Waals surface area contributed by atoms with E-state index in [0.717, 1.165) is 36.6 Å². The first kappa shape index (κ1) is 17.0. The molecule has 1 heterocycles. The molecule has 5 nitrogen and oxygen atoms in total. The largest absolute Gasteiger partial charge is 0.388 e. The number of para-hydroxylation sites is 1. The second-order valence-corrected chi connectivity index (χ2v) is 6.70. The maximum absolute atomic E-state index is 12.7. The molecule has 5 heteroatoms.